The molecule has 1 saturated heterocycles. The monoisotopic (exact) mass is 181 g/mol. The minimum Gasteiger partial charge on any atom is -0.465 e. The van der Waals surface area contributed by atoms with Gasteiger partial charge in [-0.25, -0.2) is 0 Å². The number of hydrogen-bond acceptors (Lipinski definition) is 3. The lowest BCUT2D eigenvalue weighted by Gasteiger charge is -2.17. The van der Waals surface area contributed by atoms with Gasteiger partial charge in [0.25, 0.3) is 0 Å². The van der Waals surface area contributed by atoms with Crippen molar-refractivity contribution in [3.63, 3.8) is 0 Å². The van der Waals surface area contributed by atoms with Crippen LogP contribution in [-0.4, -0.2) is 18.5 Å². The lowest BCUT2D eigenvalue weighted by Crippen LogP contribution is -2.32. The molecule has 0 spiro atoms. The zero-order chi connectivity index (χ0) is 9.47. The first-order valence-corrected chi connectivity index (χ1v) is 3.98. The second-order valence-electron chi connectivity index (χ2n) is 3.29. The Morgan fingerprint density at radius 1 is 1.77 bits per heavy atom. The third-order valence-corrected chi connectivity index (χ3v) is 2.69. The number of ether oxygens (including phenoxy) is 1. The fourth-order valence-electron chi connectivity index (χ4n) is 1.83. The van der Waals surface area contributed by atoms with E-state index in [-0.39, 0.29) is 5.92 Å². The van der Waals surface area contributed by atoms with E-state index < -0.39 is 17.3 Å². The molecule has 13 heavy (non-hydrogen) atoms. The third-order valence-electron chi connectivity index (χ3n) is 2.69. The highest BCUT2D eigenvalue weighted by Gasteiger charge is 2.67. The van der Waals surface area contributed by atoms with Crippen LogP contribution in [0.15, 0.2) is 5.11 Å². The van der Waals surface area contributed by atoms with Crippen molar-refractivity contribution in [2.45, 2.75) is 12.8 Å². The number of esters is 1. The number of hydrogen-bond donors (Lipinski definition) is 0. The average molecular weight is 181 g/mol. The summed E-state index contributed by atoms with van der Waals surface area (Å²) < 4.78 is 4.76. The minimum atomic E-state index is -1.11. The topological polar surface area (TPSA) is 92.1 Å². The van der Waals surface area contributed by atoms with Crippen molar-refractivity contribution >= 4 is 11.9 Å². The molecule has 68 valence electrons. The first kappa shape index (κ1) is 8.07. The van der Waals surface area contributed by atoms with Gasteiger partial charge in [0, 0.05) is 4.91 Å². The van der Waals surface area contributed by atoms with Crippen LogP contribution in [0.1, 0.15) is 12.8 Å². The van der Waals surface area contributed by atoms with Gasteiger partial charge in [-0.1, -0.05) is 0 Å². The summed E-state index contributed by atoms with van der Waals surface area (Å²) in [5.74, 6) is -1.18. The van der Waals surface area contributed by atoms with Crippen LogP contribution in [-0.2, 0) is 14.3 Å². The maximum atomic E-state index is 11.3. The van der Waals surface area contributed by atoms with Gasteiger partial charge < -0.3 is 4.74 Å². The summed E-state index contributed by atoms with van der Waals surface area (Å²) in [6, 6.07) is 0. The Labute approximate surface area is 73.5 Å². The molecule has 6 nitrogen and oxygen atoms in total. The molecular weight excluding hydrogens is 174 g/mol. The minimum absolute atomic E-state index is 0.0340. The van der Waals surface area contributed by atoms with E-state index in [0.717, 1.165) is 0 Å². The zero-order valence-electron chi connectivity index (χ0n) is 6.77. The normalized spacial score (nSPS) is 35.4. The van der Waals surface area contributed by atoms with Gasteiger partial charge in [0.1, 0.15) is 5.41 Å². The molecule has 0 N–H and O–H groups in total. The number of azide groups is 1. The summed E-state index contributed by atoms with van der Waals surface area (Å²) in [7, 11) is 0. The highest BCUT2D eigenvalue weighted by molar-refractivity contribution is 6.07. The number of carbonyl (C=O) groups is 2. The summed E-state index contributed by atoms with van der Waals surface area (Å²) in [4.78, 5) is 24.9. The largest absolute Gasteiger partial charge is 0.465 e. The van der Waals surface area contributed by atoms with Crippen molar-refractivity contribution in [1.29, 1.82) is 0 Å². The summed E-state index contributed by atoms with van der Waals surface area (Å²) in [5, 5.41) is 2.95. The van der Waals surface area contributed by atoms with Gasteiger partial charge in [-0.3, -0.25) is 9.59 Å². The van der Waals surface area contributed by atoms with Crippen molar-refractivity contribution in [3.05, 3.63) is 10.4 Å². The van der Waals surface area contributed by atoms with Crippen LogP contribution in [0.4, 0.5) is 0 Å². The highest BCUT2D eigenvalue weighted by Crippen LogP contribution is 2.58. The number of cyclic esters (lactones) is 1. The number of nitrogens with zero attached hydrogens (tertiary/aromatic N) is 3. The number of carbonyl (C=O) groups excluding carboxylic acids is 2. The van der Waals surface area contributed by atoms with Crippen LogP contribution in [0.2, 0.25) is 0 Å². The molecule has 0 aromatic carbocycles. The Hall–Kier alpha value is -1.55. The molecule has 2 fully saturated rings. The van der Waals surface area contributed by atoms with E-state index in [9.17, 15) is 9.59 Å². The molecule has 1 amide bonds. The SMILES string of the molecule is [N-]=[N+]=NC(=O)[C@@]12C[C@@H]1CCOC2=O. The Morgan fingerprint density at radius 3 is 3.15 bits per heavy atom. The molecule has 0 unspecified atom stereocenters. The standard InChI is InChI=1S/C7H7N3O3/c8-10-9-5(11)7-3-4(7)1-2-13-6(7)12/h4H,1-3H2/t4-,7+/m0/s1. The number of fused-ring (bicyclic) bond motifs is 1. The molecule has 1 heterocycles. The molecule has 1 aliphatic carbocycles. The first-order valence-electron chi connectivity index (χ1n) is 3.98. The van der Waals surface area contributed by atoms with Gasteiger partial charge in [0.05, 0.1) is 6.61 Å². The van der Waals surface area contributed by atoms with Crippen LogP contribution >= 0.6 is 0 Å². The zero-order valence-corrected chi connectivity index (χ0v) is 6.77. The van der Waals surface area contributed by atoms with Gasteiger partial charge in [0.15, 0.2) is 0 Å². The molecule has 0 radical (unpaired) electrons. The van der Waals surface area contributed by atoms with Crippen molar-refractivity contribution < 1.29 is 14.3 Å². The van der Waals surface area contributed by atoms with Crippen LogP contribution in [0, 0.1) is 11.3 Å². The van der Waals surface area contributed by atoms with Gasteiger partial charge in [-0.2, -0.15) is 0 Å². The van der Waals surface area contributed by atoms with Gasteiger partial charge >= 0.3 is 5.97 Å². The summed E-state index contributed by atoms with van der Waals surface area (Å²) in [5.41, 5.74) is 6.97. The predicted molar refractivity (Wildman–Crippen MR) is 40.3 cm³/mol. The van der Waals surface area contributed by atoms with E-state index in [0.29, 0.717) is 19.4 Å². The summed E-state index contributed by atoms with van der Waals surface area (Å²) in [6.45, 7) is 0.370. The molecule has 1 saturated carbocycles. The van der Waals surface area contributed by atoms with E-state index in [4.69, 9.17) is 10.3 Å². The molecular formula is C7H7N3O3. The second kappa shape index (κ2) is 2.47. The van der Waals surface area contributed by atoms with Crippen LogP contribution < -0.4 is 0 Å². The Bertz CT molecular complexity index is 334. The fraction of sp³-hybridized carbons (Fsp3) is 0.714. The maximum Gasteiger partial charge on any atom is 0.320 e. The summed E-state index contributed by atoms with van der Waals surface area (Å²) in [6.07, 6.45) is 1.17. The lowest BCUT2D eigenvalue weighted by atomic mass is 10.00. The third kappa shape index (κ3) is 0.922. The fourth-order valence-corrected chi connectivity index (χ4v) is 1.83. The molecule has 2 rings (SSSR count). The molecule has 1 aliphatic heterocycles. The molecule has 6 heteroatoms. The maximum absolute atomic E-state index is 11.3. The number of amides is 1. The Morgan fingerprint density at radius 2 is 2.54 bits per heavy atom. The van der Waals surface area contributed by atoms with Crippen LogP contribution in [0.3, 0.4) is 0 Å². The molecule has 0 aromatic rings. The Balaban J connectivity index is 2.26. The molecule has 2 atom stereocenters. The van der Waals surface area contributed by atoms with E-state index in [2.05, 4.69) is 10.0 Å². The average Bonchev–Trinajstić information content (AvgIpc) is 2.82. The van der Waals surface area contributed by atoms with Crippen LogP contribution in [0.5, 0.6) is 0 Å². The van der Waals surface area contributed by atoms with Crippen molar-refractivity contribution in [1.82, 2.24) is 0 Å². The summed E-state index contributed by atoms with van der Waals surface area (Å²) >= 11 is 0. The smallest absolute Gasteiger partial charge is 0.320 e. The van der Waals surface area contributed by atoms with Gasteiger partial charge in [-0.15, -0.1) is 0 Å². The van der Waals surface area contributed by atoms with Crippen LogP contribution in [0.25, 0.3) is 10.4 Å². The van der Waals surface area contributed by atoms with Gasteiger partial charge in [-0.05, 0) is 29.4 Å². The van der Waals surface area contributed by atoms with E-state index in [1.165, 1.54) is 0 Å². The quantitative estimate of drug-likeness (QED) is 0.196. The molecule has 2 aliphatic rings. The second-order valence-corrected chi connectivity index (χ2v) is 3.29. The predicted octanol–water partition coefficient (Wildman–Crippen LogP) is 0.776. The lowest BCUT2D eigenvalue weighted by molar-refractivity contribution is -0.158. The number of rotatable bonds is 1. The van der Waals surface area contributed by atoms with E-state index >= 15 is 0 Å². The van der Waals surface area contributed by atoms with Crippen molar-refractivity contribution in [3.8, 4) is 0 Å². The first-order chi connectivity index (χ1) is 6.21. The van der Waals surface area contributed by atoms with Gasteiger partial charge in [0.2, 0.25) is 5.91 Å². The highest BCUT2D eigenvalue weighted by atomic mass is 16.5. The van der Waals surface area contributed by atoms with E-state index in [1.807, 2.05) is 0 Å². The molecule has 0 bridgehead atoms. The van der Waals surface area contributed by atoms with Crippen molar-refractivity contribution in [2.75, 3.05) is 6.61 Å². The Kier molecular flexibility index (Phi) is 1.53. The molecule has 0 aromatic heterocycles. The van der Waals surface area contributed by atoms with Crippen molar-refractivity contribution in [2.24, 2.45) is 16.4 Å². The van der Waals surface area contributed by atoms with E-state index in [1.54, 1.807) is 0 Å².